The van der Waals surface area contributed by atoms with Crippen LogP contribution in [0.2, 0.25) is 0 Å². The topological polar surface area (TPSA) is 87.0 Å². The molecule has 7 heteroatoms. The zero-order valence-corrected chi connectivity index (χ0v) is 11.9. The van der Waals surface area contributed by atoms with Crippen molar-refractivity contribution in [2.24, 2.45) is 0 Å². The molecule has 0 fully saturated rings. The van der Waals surface area contributed by atoms with E-state index in [1.165, 1.54) is 6.07 Å². The van der Waals surface area contributed by atoms with Crippen molar-refractivity contribution < 1.29 is 13.2 Å². The quantitative estimate of drug-likeness (QED) is 0.936. The van der Waals surface area contributed by atoms with Gasteiger partial charge in [-0.1, -0.05) is 18.2 Å². The normalized spacial score (nSPS) is 10.8. The van der Waals surface area contributed by atoms with Crippen LogP contribution in [0.5, 0.6) is 0 Å². The molecule has 102 valence electrons. The average Bonchev–Trinajstić information content (AvgIpc) is 2.93. The predicted octanol–water partition coefficient (Wildman–Crippen LogP) is 2.03. The van der Waals surface area contributed by atoms with Crippen LogP contribution in [0.15, 0.2) is 46.0 Å². The predicted molar refractivity (Wildman–Crippen MR) is 76.2 cm³/mol. The number of benzene rings is 1. The zero-order chi connectivity index (χ0) is 14.6. The molecule has 2 aromatic rings. The Morgan fingerprint density at radius 1 is 1.25 bits per heavy atom. The average molecular weight is 306 g/mol. The molecule has 1 aromatic heterocycles. The summed E-state index contributed by atoms with van der Waals surface area (Å²) in [6.07, 6.45) is 0. The molecule has 0 radical (unpaired) electrons. The standard InChI is InChI=1S/C13H10N2O3S2/c14-8-10-4-1-2-5-11(10)15-12(16)9-20(17,18)13-6-3-7-19-13/h1-7H,9H2,(H,15,16). The highest BCUT2D eigenvalue weighted by molar-refractivity contribution is 7.94. The highest BCUT2D eigenvalue weighted by Crippen LogP contribution is 2.18. The van der Waals surface area contributed by atoms with Crippen molar-refractivity contribution in [3.63, 3.8) is 0 Å². The number of nitrogens with zero attached hydrogens (tertiary/aromatic N) is 1. The van der Waals surface area contributed by atoms with Gasteiger partial charge in [-0.2, -0.15) is 5.26 Å². The number of hydrogen-bond acceptors (Lipinski definition) is 5. The minimum Gasteiger partial charge on any atom is -0.324 e. The summed E-state index contributed by atoms with van der Waals surface area (Å²) in [5, 5.41) is 13.0. The summed E-state index contributed by atoms with van der Waals surface area (Å²) in [5.41, 5.74) is 0.593. The summed E-state index contributed by atoms with van der Waals surface area (Å²) in [7, 11) is -3.63. The lowest BCUT2D eigenvalue weighted by Crippen LogP contribution is -2.22. The summed E-state index contributed by atoms with van der Waals surface area (Å²) in [4.78, 5) is 11.8. The Morgan fingerprint density at radius 2 is 2.00 bits per heavy atom. The third-order valence-electron chi connectivity index (χ3n) is 2.44. The summed E-state index contributed by atoms with van der Waals surface area (Å²) < 4.78 is 24.0. The maximum atomic E-state index is 11.9. The Kier molecular flexibility index (Phi) is 4.17. The number of rotatable bonds is 4. The van der Waals surface area contributed by atoms with Crippen molar-refractivity contribution in [1.82, 2.24) is 0 Å². The fourth-order valence-electron chi connectivity index (χ4n) is 1.56. The first kappa shape index (κ1) is 14.2. The fourth-order valence-corrected chi connectivity index (χ4v) is 3.78. The van der Waals surface area contributed by atoms with E-state index in [4.69, 9.17) is 5.26 Å². The van der Waals surface area contributed by atoms with Gasteiger partial charge >= 0.3 is 0 Å². The summed E-state index contributed by atoms with van der Waals surface area (Å²) in [6.45, 7) is 0. The first-order valence-electron chi connectivity index (χ1n) is 5.58. The van der Waals surface area contributed by atoms with E-state index in [2.05, 4.69) is 5.32 Å². The van der Waals surface area contributed by atoms with E-state index in [0.717, 1.165) is 11.3 Å². The van der Waals surface area contributed by atoms with E-state index in [1.54, 1.807) is 35.7 Å². The molecule has 0 atom stereocenters. The molecule has 1 heterocycles. The Balaban J connectivity index is 2.13. The highest BCUT2D eigenvalue weighted by Gasteiger charge is 2.20. The number of nitriles is 1. The largest absolute Gasteiger partial charge is 0.324 e. The van der Waals surface area contributed by atoms with Gasteiger partial charge in [-0.05, 0) is 23.6 Å². The molecule has 0 saturated heterocycles. The van der Waals surface area contributed by atoms with Crippen LogP contribution in [0.4, 0.5) is 5.69 Å². The van der Waals surface area contributed by atoms with Crippen molar-refractivity contribution in [2.45, 2.75) is 4.21 Å². The second kappa shape index (κ2) is 5.86. The van der Waals surface area contributed by atoms with Crippen LogP contribution in [-0.4, -0.2) is 20.1 Å². The summed E-state index contributed by atoms with van der Waals surface area (Å²) in [5.74, 6) is -1.31. The number of hydrogen-bond donors (Lipinski definition) is 1. The molecule has 20 heavy (non-hydrogen) atoms. The highest BCUT2D eigenvalue weighted by atomic mass is 32.2. The van der Waals surface area contributed by atoms with Crippen molar-refractivity contribution in [2.75, 3.05) is 11.1 Å². The van der Waals surface area contributed by atoms with Crippen molar-refractivity contribution >= 4 is 32.8 Å². The van der Waals surface area contributed by atoms with Crippen LogP contribution >= 0.6 is 11.3 Å². The molecule has 1 N–H and O–H groups in total. The van der Waals surface area contributed by atoms with Crippen LogP contribution in [0.3, 0.4) is 0 Å². The van der Waals surface area contributed by atoms with Crippen molar-refractivity contribution in [3.8, 4) is 6.07 Å². The van der Waals surface area contributed by atoms with Gasteiger partial charge in [0.1, 0.15) is 16.0 Å². The second-order valence-electron chi connectivity index (χ2n) is 3.90. The molecule has 0 aliphatic carbocycles. The van der Waals surface area contributed by atoms with Crippen LogP contribution in [0, 0.1) is 11.3 Å². The number of thiophene rings is 1. The monoisotopic (exact) mass is 306 g/mol. The van der Waals surface area contributed by atoms with E-state index in [-0.39, 0.29) is 9.77 Å². The molecule has 2 rings (SSSR count). The third-order valence-corrected chi connectivity index (χ3v) is 5.55. The van der Waals surface area contributed by atoms with Crippen LogP contribution in [-0.2, 0) is 14.6 Å². The molecule has 0 spiro atoms. The number of carbonyl (C=O) groups excluding carboxylic acids is 1. The van der Waals surface area contributed by atoms with Crippen molar-refractivity contribution in [3.05, 3.63) is 47.3 Å². The fraction of sp³-hybridized carbons (Fsp3) is 0.0769. The smallest absolute Gasteiger partial charge is 0.240 e. The maximum absolute atomic E-state index is 11.9. The van der Waals surface area contributed by atoms with Gasteiger partial charge in [0.15, 0.2) is 9.84 Å². The van der Waals surface area contributed by atoms with Gasteiger partial charge in [0, 0.05) is 0 Å². The summed E-state index contributed by atoms with van der Waals surface area (Å²) >= 11 is 1.07. The number of amides is 1. The Bertz CT molecular complexity index is 759. The zero-order valence-electron chi connectivity index (χ0n) is 10.2. The number of carbonyl (C=O) groups is 1. The van der Waals surface area contributed by atoms with Gasteiger partial charge in [-0.3, -0.25) is 4.79 Å². The van der Waals surface area contributed by atoms with Crippen LogP contribution in [0.25, 0.3) is 0 Å². The van der Waals surface area contributed by atoms with E-state index in [1.807, 2.05) is 6.07 Å². The number of para-hydroxylation sites is 1. The summed E-state index contributed by atoms with van der Waals surface area (Å²) in [6, 6.07) is 11.4. The van der Waals surface area contributed by atoms with E-state index in [9.17, 15) is 13.2 Å². The third kappa shape index (κ3) is 3.23. The van der Waals surface area contributed by atoms with Gasteiger partial charge < -0.3 is 5.32 Å². The van der Waals surface area contributed by atoms with Gasteiger partial charge in [-0.15, -0.1) is 11.3 Å². The van der Waals surface area contributed by atoms with Crippen molar-refractivity contribution in [1.29, 1.82) is 5.26 Å². The van der Waals surface area contributed by atoms with Gasteiger partial charge in [-0.25, -0.2) is 8.42 Å². The minimum atomic E-state index is -3.63. The van der Waals surface area contributed by atoms with Gasteiger partial charge in [0.2, 0.25) is 5.91 Å². The van der Waals surface area contributed by atoms with E-state index in [0.29, 0.717) is 5.69 Å². The maximum Gasteiger partial charge on any atom is 0.240 e. The Morgan fingerprint density at radius 3 is 2.65 bits per heavy atom. The van der Waals surface area contributed by atoms with E-state index < -0.39 is 21.5 Å². The lowest BCUT2D eigenvalue weighted by molar-refractivity contribution is -0.113. The van der Waals surface area contributed by atoms with Crippen LogP contribution < -0.4 is 5.32 Å². The second-order valence-corrected chi connectivity index (χ2v) is 7.06. The molecular formula is C13H10N2O3S2. The molecule has 0 saturated carbocycles. The van der Waals surface area contributed by atoms with E-state index >= 15 is 0 Å². The minimum absolute atomic E-state index is 0.154. The molecule has 0 aliphatic heterocycles. The number of nitrogens with one attached hydrogen (secondary N) is 1. The Labute approximate surface area is 120 Å². The molecule has 1 amide bonds. The Hall–Kier alpha value is -2.17. The number of anilines is 1. The number of sulfone groups is 1. The molecule has 1 aromatic carbocycles. The van der Waals surface area contributed by atoms with Gasteiger partial charge in [0.25, 0.3) is 0 Å². The van der Waals surface area contributed by atoms with Crippen LogP contribution in [0.1, 0.15) is 5.56 Å². The molecule has 0 bridgehead atoms. The SMILES string of the molecule is N#Cc1ccccc1NC(=O)CS(=O)(=O)c1cccs1. The first-order valence-corrected chi connectivity index (χ1v) is 8.11. The lowest BCUT2D eigenvalue weighted by Gasteiger charge is -2.06. The first-order chi connectivity index (χ1) is 9.53. The molecule has 0 unspecified atom stereocenters. The lowest BCUT2D eigenvalue weighted by atomic mass is 10.2. The molecule has 0 aliphatic rings. The molecular weight excluding hydrogens is 296 g/mol. The van der Waals surface area contributed by atoms with Gasteiger partial charge in [0.05, 0.1) is 11.3 Å². The molecule has 5 nitrogen and oxygen atoms in total.